The SMILES string of the molecule is Cc1c(NC(=O)CCc2cccc(Cl)c2Cl)cccc1NC(=O)c1ccccc1. The number of hydrogen-bond acceptors (Lipinski definition) is 2. The van der Waals surface area contributed by atoms with E-state index in [1.807, 2.05) is 37.3 Å². The minimum atomic E-state index is -0.201. The molecule has 4 nitrogen and oxygen atoms in total. The van der Waals surface area contributed by atoms with Crippen molar-refractivity contribution >= 4 is 46.4 Å². The highest BCUT2D eigenvalue weighted by Gasteiger charge is 2.12. The summed E-state index contributed by atoms with van der Waals surface area (Å²) in [4.78, 5) is 24.8. The first-order valence-electron chi connectivity index (χ1n) is 9.14. The third-order valence-electron chi connectivity index (χ3n) is 4.55. The van der Waals surface area contributed by atoms with Crippen molar-refractivity contribution in [2.45, 2.75) is 19.8 Å². The molecule has 0 heterocycles. The van der Waals surface area contributed by atoms with Crippen LogP contribution in [-0.4, -0.2) is 11.8 Å². The lowest BCUT2D eigenvalue weighted by molar-refractivity contribution is -0.116. The van der Waals surface area contributed by atoms with Gasteiger partial charge in [-0.3, -0.25) is 9.59 Å². The van der Waals surface area contributed by atoms with Crippen molar-refractivity contribution in [1.29, 1.82) is 0 Å². The summed E-state index contributed by atoms with van der Waals surface area (Å²) in [5, 5.41) is 6.74. The maximum atomic E-state index is 12.4. The topological polar surface area (TPSA) is 58.2 Å². The van der Waals surface area contributed by atoms with Gasteiger partial charge < -0.3 is 10.6 Å². The monoisotopic (exact) mass is 426 g/mol. The van der Waals surface area contributed by atoms with Crippen molar-refractivity contribution in [2.75, 3.05) is 10.6 Å². The van der Waals surface area contributed by atoms with Gasteiger partial charge in [-0.15, -0.1) is 0 Å². The Balaban J connectivity index is 1.65. The highest BCUT2D eigenvalue weighted by Crippen LogP contribution is 2.27. The molecule has 0 unspecified atom stereocenters. The number of anilines is 2. The van der Waals surface area contributed by atoms with E-state index >= 15 is 0 Å². The van der Waals surface area contributed by atoms with Gasteiger partial charge in [0.15, 0.2) is 0 Å². The number of nitrogens with one attached hydrogen (secondary N) is 2. The van der Waals surface area contributed by atoms with Crippen LogP contribution in [0.4, 0.5) is 11.4 Å². The number of carbonyl (C=O) groups is 2. The molecule has 0 spiro atoms. The molecule has 3 aromatic carbocycles. The zero-order chi connectivity index (χ0) is 20.8. The lowest BCUT2D eigenvalue weighted by Crippen LogP contribution is -2.16. The highest BCUT2D eigenvalue weighted by atomic mass is 35.5. The third kappa shape index (κ3) is 5.37. The number of hydrogen-bond donors (Lipinski definition) is 2. The van der Waals surface area contributed by atoms with Crippen LogP contribution >= 0.6 is 23.2 Å². The normalized spacial score (nSPS) is 10.4. The Morgan fingerprint density at radius 3 is 2.21 bits per heavy atom. The van der Waals surface area contributed by atoms with Crippen LogP contribution in [0.1, 0.15) is 27.9 Å². The van der Waals surface area contributed by atoms with Crippen LogP contribution < -0.4 is 10.6 Å². The average molecular weight is 427 g/mol. The summed E-state index contributed by atoms with van der Waals surface area (Å²) in [7, 11) is 0. The predicted octanol–water partition coefficient (Wildman–Crippen LogP) is 6.13. The standard InChI is InChI=1S/C23H20Cl2N2O2/c1-15-19(26-21(28)14-13-16-9-5-10-18(24)22(16)25)11-6-12-20(15)27-23(29)17-7-3-2-4-8-17/h2-12H,13-14H2,1H3,(H,26,28)(H,27,29). The molecule has 0 atom stereocenters. The Morgan fingerprint density at radius 2 is 1.48 bits per heavy atom. The molecule has 0 aliphatic heterocycles. The van der Waals surface area contributed by atoms with Crippen LogP contribution in [0.3, 0.4) is 0 Å². The Labute approximate surface area is 179 Å². The lowest BCUT2D eigenvalue weighted by Gasteiger charge is -2.14. The van der Waals surface area contributed by atoms with Crippen LogP contribution in [0.2, 0.25) is 10.0 Å². The molecule has 2 amide bonds. The summed E-state index contributed by atoms with van der Waals surface area (Å²) in [5.74, 6) is -0.344. The maximum absolute atomic E-state index is 12.4. The first kappa shape index (κ1) is 20.9. The molecule has 148 valence electrons. The van der Waals surface area contributed by atoms with E-state index in [1.54, 1.807) is 36.4 Å². The van der Waals surface area contributed by atoms with Crippen molar-refractivity contribution in [3.63, 3.8) is 0 Å². The molecule has 0 saturated carbocycles. The van der Waals surface area contributed by atoms with Gasteiger partial charge in [0.1, 0.15) is 0 Å². The molecule has 2 N–H and O–H groups in total. The molecule has 0 saturated heterocycles. The van der Waals surface area contributed by atoms with Gasteiger partial charge >= 0.3 is 0 Å². The summed E-state index contributed by atoms with van der Waals surface area (Å²) in [5.41, 5.74) is 3.48. The predicted molar refractivity (Wildman–Crippen MR) is 119 cm³/mol. The summed E-state index contributed by atoms with van der Waals surface area (Å²) < 4.78 is 0. The van der Waals surface area contributed by atoms with Gasteiger partial charge in [-0.2, -0.15) is 0 Å². The quantitative estimate of drug-likeness (QED) is 0.498. The second kappa shape index (κ2) is 9.59. The van der Waals surface area contributed by atoms with Crippen molar-refractivity contribution in [1.82, 2.24) is 0 Å². The Hall–Kier alpha value is -2.82. The van der Waals surface area contributed by atoms with E-state index in [-0.39, 0.29) is 18.2 Å². The van der Waals surface area contributed by atoms with Crippen molar-refractivity contribution in [2.24, 2.45) is 0 Å². The van der Waals surface area contributed by atoms with Gasteiger partial charge in [0.25, 0.3) is 5.91 Å². The number of aryl methyl sites for hydroxylation is 1. The number of halogens is 2. The van der Waals surface area contributed by atoms with Crippen LogP contribution in [0.5, 0.6) is 0 Å². The second-order valence-electron chi connectivity index (χ2n) is 6.56. The van der Waals surface area contributed by atoms with E-state index in [9.17, 15) is 9.59 Å². The first-order chi connectivity index (χ1) is 14.0. The number of amides is 2. The Bertz CT molecular complexity index is 1040. The molecule has 3 aromatic rings. The van der Waals surface area contributed by atoms with Crippen molar-refractivity contribution < 1.29 is 9.59 Å². The molecule has 6 heteroatoms. The van der Waals surface area contributed by atoms with Gasteiger partial charge in [0, 0.05) is 23.4 Å². The molecule has 0 fully saturated rings. The van der Waals surface area contributed by atoms with E-state index < -0.39 is 0 Å². The minimum Gasteiger partial charge on any atom is -0.326 e. The van der Waals surface area contributed by atoms with Gasteiger partial charge in [0.05, 0.1) is 10.0 Å². The van der Waals surface area contributed by atoms with Gasteiger partial charge in [-0.1, -0.05) is 59.6 Å². The molecule has 3 rings (SSSR count). The maximum Gasteiger partial charge on any atom is 0.255 e. The molecular weight excluding hydrogens is 407 g/mol. The fourth-order valence-corrected chi connectivity index (χ4v) is 3.31. The largest absolute Gasteiger partial charge is 0.326 e. The van der Waals surface area contributed by atoms with E-state index in [0.717, 1.165) is 11.1 Å². The molecule has 29 heavy (non-hydrogen) atoms. The van der Waals surface area contributed by atoms with Crippen LogP contribution in [0, 0.1) is 6.92 Å². The molecular formula is C23H20Cl2N2O2. The molecule has 0 bridgehead atoms. The van der Waals surface area contributed by atoms with E-state index in [1.165, 1.54) is 0 Å². The molecule has 0 radical (unpaired) electrons. The van der Waals surface area contributed by atoms with Gasteiger partial charge in [-0.25, -0.2) is 0 Å². The Morgan fingerprint density at radius 1 is 0.828 bits per heavy atom. The van der Waals surface area contributed by atoms with Crippen molar-refractivity contribution in [3.05, 3.63) is 93.5 Å². The lowest BCUT2D eigenvalue weighted by atomic mass is 10.1. The first-order valence-corrected chi connectivity index (χ1v) is 9.90. The molecule has 0 aliphatic carbocycles. The Kier molecular flexibility index (Phi) is 6.91. The minimum absolute atomic E-state index is 0.143. The zero-order valence-corrected chi connectivity index (χ0v) is 17.3. The molecule has 0 aliphatic rings. The van der Waals surface area contributed by atoms with Gasteiger partial charge in [-0.05, 0) is 54.8 Å². The summed E-state index contributed by atoms with van der Waals surface area (Å²) in [6.07, 6.45) is 0.745. The number of rotatable bonds is 6. The van der Waals surface area contributed by atoms with E-state index in [4.69, 9.17) is 23.2 Å². The summed E-state index contributed by atoms with van der Waals surface area (Å²) in [6, 6.07) is 19.7. The summed E-state index contributed by atoms with van der Waals surface area (Å²) >= 11 is 12.2. The fraction of sp³-hybridized carbons (Fsp3) is 0.130. The van der Waals surface area contributed by atoms with Crippen molar-refractivity contribution in [3.8, 4) is 0 Å². The van der Waals surface area contributed by atoms with Crippen LogP contribution in [-0.2, 0) is 11.2 Å². The zero-order valence-electron chi connectivity index (χ0n) is 15.8. The van der Waals surface area contributed by atoms with E-state index in [0.29, 0.717) is 33.4 Å². The number of benzene rings is 3. The summed E-state index contributed by atoms with van der Waals surface area (Å²) in [6.45, 7) is 1.85. The van der Waals surface area contributed by atoms with E-state index in [2.05, 4.69) is 10.6 Å². The number of carbonyl (C=O) groups excluding carboxylic acids is 2. The highest BCUT2D eigenvalue weighted by molar-refractivity contribution is 6.42. The molecule has 0 aromatic heterocycles. The fourth-order valence-electron chi connectivity index (χ4n) is 2.89. The second-order valence-corrected chi connectivity index (χ2v) is 7.34. The third-order valence-corrected chi connectivity index (χ3v) is 5.40. The van der Waals surface area contributed by atoms with Crippen LogP contribution in [0.25, 0.3) is 0 Å². The van der Waals surface area contributed by atoms with Gasteiger partial charge in [0.2, 0.25) is 5.91 Å². The average Bonchev–Trinajstić information content (AvgIpc) is 2.72. The smallest absolute Gasteiger partial charge is 0.255 e. The van der Waals surface area contributed by atoms with Crippen LogP contribution in [0.15, 0.2) is 66.7 Å².